The molecular weight excluding hydrogens is 248 g/mol. The van der Waals surface area contributed by atoms with Crippen molar-refractivity contribution in [2.45, 2.75) is 18.0 Å². The second-order valence-electron chi connectivity index (χ2n) is 5.28. The predicted molar refractivity (Wildman–Crippen MR) is 76.7 cm³/mol. The van der Waals surface area contributed by atoms with Crippen molar-refractivity contribution in [3.8, 4) is 6.07 Å². The van der Waals surface area contributed by atoms with Gasteiger partial charge in [-0.3, -0.25) is 9.69 Å². The summed E-state index contributed by atoms with van der Waals surface area (Å²) in [7, 11) is 0. The van der Waals surface area contributed by atoms with E-state index in [9.17, 15) is 10.1 Å². The molecule has 2 aliphatic heterocycles. The lowest BCUT2D eigenvalue weighted by molar-refractivity contribution is -0.127. The standard InChI is InChI=1S/C17H16N2O/c1-2-10-19-15-8-9-16(20)17(19,14(11-15)12-18)13-6-4-3-5-7-13/h2-9,14-15H,1,10-11H2/t14-,15-,17-/m0/s1. The Morgan fingerprint density at radius 2 is 2.20 bits per heavy atom. The van der Waals surface area contributed by atoms with Crippen LogP contribution in [0.1, 0.15) is 12.0 Å². The maximum absolute atomic E-state index is 12.7. The summed E-state index contributed by atoms with van der Waals surface area (Å²) in [4.78, 5) is 14.8. The van der Waals surface area contributed by atoms with Gasteiger partial charge in [-0.15, -0.1) is 6.58 Å². The van der Waals surface area contributed by atoms with E-state index in [1.54, 1.807) is 12.2 Å². The molecule has 0 saturated carbocycles. The van der Waals surface area contributed by atoms with Crippen molar-refractivity contribution < 1.29 is 4.79 Å². The summed E-state index contributed by atoms with van der Waals surface area (Å²) < 4.78 is 0. The molecule has 0 amide bonds. The molecule has 2 aliphatic rings. The summed E-state index contributed by atoms with van der Waals surface area (Å²) in [5.74, 6) is -0.316. The molecule has 1 saturated heterocycles. The Labute approximate surface area is 118 Å². The normalized spacial score (nSPS) is 32.0. The Morgan fingerprint density at radius 3 is 2.85 bits per heavy atom. The molecule has 0 unspecified atom stereocenters. The average molecular weight is 264 g/mol. The van der Waals surface area contributed by atoms with E-state index in [4.69, 9.17) is 0 Å². The molecule has 100 valence electrons. The van der Waals surface area contributed by atoms with Crippen molar-refractivity contribution in [3.63, 3.8) is 0 Å². The van der Waals surface area contributed by atoms with E-state index in [1.807, 2.05) is 36.4 Å². The van der Waals surface area contributed by atoms with Crippen LogP contribution in [-0.2, 0) is 10.3 Å². The largest absolute Gasteiger partial charge is 0.292 e. The Bertz CT molecular complexity index is 614. The van der Waals surface area contributed by atoms with E-state index in [-0.39, 0.29) is 17.7 Å². The smallest absolute Gasteiger partial charge is 0.181 e. The molecule has 0 aromatic heterocycles. The number of hydrogen-bond acceptors (Lipinski definition) is 3. The fraction of sp³-hybridized carbons (Fsp3) is 0.294. The molecule has 2 heterocycles. The number of nitriles is 1. The summed E-state index contributed by atoms with van der Waals surface area (Å²) >= 11 is 0. The number of nitrogens with zero attached hydrogens (tertiary/aromatic N) is 2. The average Bonchev–Trinajstić information content (AvgIpc) is 2.72. The monoisotopic (exact) mass is 264 g/mol. The van der Waals surface area contributed by atoms with Gasteiger partial charge < -0.3 is 0 Å². The van der Waals surface area contributed by atoms with E-state index in [1.165, 1.54) is 0 Å². The van der Waals surface area contributed by atoms with Gasteiger partial charge in [-0.1, -0.05) is 42.5 Å². The molecule has 3 nitrogen and oxygen atoms in total. The van der Waals surface area contributed by atoms with Gasteiger partial charge in [-0.2, -0.15) is 5.26 Å². The molecule has 1 aromatic carbocycles. The molecule has 3 heteroatoms. The van der Waals surface area contributed by atoms with Crippen molar-refractivity contribution in [2.75, 3.05) is 6.54 Å². The van der Waals surface area contributed by atoms with Crippen LogP contribution in [0.2, 0.25) is 0 Å². The molecule has 0 spiro atoms. The molecular formula is C17H16N2O. The first-order valence-electron chi connectivity index (χ1n) is 6.80. The van der Waals surface area contributed by atoms with Gasteiger partial charge in [-0.25, -0.2) is 0 Å². The minimum atomic E-state index is -0.844. The number of carbonyl (C=O) groups excluding carboxylic acids is 1. The van der Waals surface area contributed by atoms with Crippen molar-refractivity contribution >= 4 is 5.78 Å². The Hall–Kier alpha value is -2.18. The predicted octanol–water partition coefficient (Wildman–Crippen LogP) is 2.42. The molecule has 0 radical (unpaired) electrons. The third-order valence-electron chi connectivity index (χ3n) is 4.38. The summed E-state index contributed by atoms with van der Waals surface area (Å²) in [6, 6.07) is 12.1. The van der Waals surface area contributed by atoms with Crippen LogP contribution in [0.15, 0.2) is 55.1 Å². The van der Waals surface area contributed by atoms with Gasteiger partial charge in [0.1, 0.15) is 5.54 Å². The first kappa shape index (κ1) is 12.8. The Morgan fingerprint density at radius 1 is 1.45 bits per heavy atom. The van der Waals surface area contributed by atoms with Crippen LogP contribution in [0.3, 0.4) is 0 Å². The quantitative estimate of drug-likeness (QED) is 0.787. The first-order chi connectivity index (χ1) is 9.75. The van der Waals surface area contributed by atoms with Gasteiger partial charge >= 0.3 is 0 Å². The highest BCUT2D eigenvalue weighted by atomic mass is 16.1. The zero-order chi connectivity index (χ0) is 14.2. The zero-order valence-corrected chi connectivity index (χ0v) is 11.2. The molecule has 3 atom stereocenters. The van der Waals surface area contributed by atoms with E-state index in [2.05, 4.69) is 17.5 Å². The zero-order valence-electron chi connectivity index (χ0n) is 11.2. The summed E-state index contributed by atoms with van der Waals surface area (Å²) in [6.45, 7) is 4.40. The number of ketones is 1. The van der Waals surface area contributed by atoms with Crippen LogP contribution in [0.5, 0.6) is 0 Å². The fourth-order valence-corrected chi connectivity index (χ4v) is 3.59. The van der Waals surface area contributed by atoms with Crippen molar-refractivity contribution in [1.82, 2.24) is 4.90 Å². The van der Waals surface area contributed by atoms with Gasteiger partial charge in [0.05, 0.1) is 12.0 Å². The number of benzene rings is 1. The number of hydrogen-bond donors (Lipinski definition) is 0. The SMILES string of the molecule is C=CCN1[C@H]2C=CC(=O)[C@]1(c1ccccc1)[C@H](C#N)C2. The summed E-state index contributed by atoms with van der Waals surface area (Å²) in [5, 5.41) is 9.56. The van der Waals surface area contributed by atoms with Gasteiger partial charge in [0, 0.05) is 12.6 Å². The third kappa shape index (κ3) is 1.52. The van der Waals surface area contributed by atoms with Gasteiger partial charge in [0.15, 0.2) is 5.78 Å². The third-order valence-corrected chi connectivity index (χ3v) is 4.38. The molecule has 0 aliphatic carbocycles. The van der Waals surface area contributed by atoms with E-state index >= 15 is 0 Å². The first-order valence-corrected chi connectivity index (χ1v) is 6.80. The lowest BCUT2D eigenvalue weighted by atomic mass is 9.76. The van der Waals surface area contributed by atoms with Crippen LogP contribution in [0.4, 0.5) is 0 Å². The molecule has 1 aromatic rings. The summed E-state index contributed by atoms with van der Waals surface area (Å²) in [5.41, 5.74) is 0.0640. The van der Waals surface area contributed by atoms with Gasteiger partial charge in [-0.05, 0) is 18.1 Å². The van der Waals surface area contributed by atoms with E-state index in [0.29, 0.717) is 13.0 Å². The summed E-state index contributed by atoms with van der Waals surface area (Å²) in [6.07, 6.45) is 6.07. The van der Waals surface area contributed by atoms with Gasteiger partial charge in [0.2, 0.25) is 0 Å². The topological polar surface area (TPSA) is 44.1 Å². The maximum Gasteiger partial charge on any atom is 0.181 e. The minimum absolute atomic E-state index is 0.00542. The highest BCUT2D eigenvalue weighted by Gasteiger charge is 2.59. The van der Waals surface area contributed by atoms with Crippen LogP contribution in [-0.4, -0.2) is 23.3 Å². The molecule has 3 rings (SSSR count). The molecule has 2 bridgehead atoms. The van der Waals surface area contributed by atoms with Crippen molar-refractivity contribution in [2.24, 2.45) is 5.92 Å². The van der Waals surface area contributed by atoms with Crippen LogP contribution < -0.4 is 0 Å². The minimum Gasteiger partial charge on any atom is -0.292 e. The van der Waals surface area contributed by atoms with E-state index < -0.39 is 5.54 Å². The van der Waals surface area contributed by atoms with E-state index in [0.717, 1.165) is 5.56 Å². The molecule has 0 N–H and O–H groups in total. The second-order valence-corrected chi connectivity index (χ2v) is 5.28. The van der Waals surface area contributed by atoms with Crippen LogP contribution in [0.25, 0.3) is 0 Å². The number of carbonyl (C=O) groups is 1. The van der Waals surface area contributed by atoms with Crippen LogP contribution in [0, 0.1) is 17.2 Å². The lowest BCUT2D eigenvalue weighted by Gasteiger charge is -2.42. The lowest BCUT2D eigenvalue weighted by Crippen LogP contribution is -2.54. The van der Waals surface area contributed by atoms with Crippen LogP contribution >= 0.6 is 0 Å². The highest BCUT2D eigenvalue weighted by molar-refractivity contribution is 6.01. The molecule has 1 fully saturated rings. The van der Waals surface area contributed by atoms with Crippen molar-refractivity contribution in [1.29, 1.82) is 5.26 Å². The van der Waals surface area contributed by atoms with Crippen molar-refractivity contribution in [3.05, 3.63) is 60.7 Å². The Balaban J connectivity index is 2.23. The maximum atomic E-state index is 12.7. The molecule has 20 heavy (non-hydrogen) atoms. The second kappa shape index (κ2) is 4.73. The highest BCUT2D eigenvalue weighted by Crippen LogP contribution is 2.49. The Kier molecular flexibility index (Phi) is 3.04. The number of fused-ring (bicyclic) bond motifs is 2. The fourth-order valence-electron chi connectivity index (χ4n) is 3.59. The van der Waals surface area contributed by atoms with Gasteiger partial charge in [0.25, 0.3) is 0 Å². The number of rotatable bonds is 3.